The van der Waals surface area contributed by atoms with Gasteiger partial charge in [-0.1, -0.05) is 84.0 Å². The van der Waals surface area contributed by atoms with Crippen LogP contribution in [0.5, 0.6) is 0 Å². The first-order valence-electron chi connectivity index (χ1n) is 20.3. The third-order valence-electron chi connectivity index (χ3n) is 11.0. The van der Waals surface area contributed by atoms with Gasteiger partial charge in [-0.2, -0.15) is 132 Å². The Balaban J connectivity index is 0.000000468. The molecule has 0 N–H and O–H groups in total. The smallest absolute Gasteiger partial charge is 0.292 e. The highest BCUT2D eigenvalue weighted by atomic mass is 19.4. The van der Waals surface area contributed by atoms with Gasteiger partial charge in [0.2, 0.25) is 0 Å². The van der Waals surface area contributed by atoms with Crippen molar-refractivity contribution in [2.45, 2.75) is 56.0 Å². The average Bonchev–Trinajstić information content (AvgIpc) is 3.29. The second-order valence-corrected chi connectivity index (χ2v) is 16.1. The van der Waals surface area contributed by atoms with E-state index in [0.717, 1.165) is 5.56 Å². The van der Waals surface area contributed by atoms with Gasteiger partial charge in [0.15, 0.2) is 30.4 Å². The van der Waals surface area contributed by atoms with Gasteiger partial charge in [0.1, 0.15) is 6.15 Å². The molecule has 31 heteroatoms. The minimum absolute atomic E-state index is 0.209. The van der Waals surface area contributed by atoms with Gasteiger partial charge in [-0.05, 0) is 29.8 Å². The van der Waals surface area contributed by atoms with E-state index in [-0.39, 0.29) is 12.3 Å². The number of carbonyl (C=O) groups is 1. The van der Waals surface area contributed by atoms with Gasteiger partial charge in [0.25, 0.3) is 0 Å². The SMILES string of the molecule is FC(F)(F)c1cc([B-](c2cc(C(F)(F)F)cc(C(F)(F)F)c2)(c2cc(C(F)(F)F)cc(C(F)(F)F)c2)c2cc(C(F)(F)F)cc(C(F)(F)F)c2)cc(C(F)(F)F)c1.[N-]=[N+]=NCC(=O)c1c[n+](Cc2ccccc2)ccn1. The summed E-state index contributed by atoms with van der Waals surface area (Å²) in [6.45, 7) is 0.448. The molecule has 0 saturated carbocycles. The van der Waals surface area contributed by atoms with Crippen LogP contribution in [0.15, 0.2) is 127 Å². The molecule has 0 aliphatic heterocycles. The fourth-order valence-electron chi connectivity index (χ4n) is 7.72. The van der Waals surface area contributed by atoms with Gasteiger partial charge in [-0.25, -0.2) is 4.98 Å². The van der Waals surface area contributed by atoms with Crippen LogP contribution in [0.3, 0.4) is 0 Å². The minimum Gasteiger partial charge on any atom is -0.292 e. The molecular weight excluding hydrogens is 1090 g/mol. The van der Waals surface area contributed by atoms with Crippen molar-refractivity contribution in [1.29, 1.82) is 0 Å². The predicted octanol–water partition coefficient (Wildman–Crippen LogP) is 13.1. The molecule has 6 nitrogen and oxygen atoms in total. The Hall–Kier alpha value is -7.46. The largest absolute Gasteiger partial charge is 0.416 e. The second kappa shape index (κ2) is 20.9. The molecule has 0 aliphatic carbocycles. The highest BCUT2D eigenvalue weighted by molar-refractivity contribution is 7.20. The number of nitrogens with zero attached hydrogens (tertiary/aromatic N) is 5. The summed E-state index contributed by atoms with van der Waals surface area (Å²) in [7, 11) is 0. The maximum absolute atomic E-state index is 14.2. The molecule has 76 heavy (non-hydrogen) atoms. The third kappa shape index (κ3) is 14.1. The van der Waals surface area contributed by atoms with Gasteiger partial charge in [0.05, 0.1) is 57.2 Å². The summed E-state index contributed by atoms with van der Waals surface area (Å²) in [5.41, 5.74) is -20.6. The van der Waals surface area contributed by atoms with Crippen LogP contribution in [0.1, 0.15) is 60.6 Å². The van der Waals surface area contributed by atoms with E-state index >= 15 is 0 Å². The van der Waals surface area contributed by atoms with Crippen molar-refractivity contribution < 1.29 is 115 Å². The molecule has 5 aromatic carbocycles. The molecule has 1 heterocycles. The average molecular weight is 1120 g/mol. The van der Waals surface area contributed by atoms with E-state index in [2.05, 4.69) is 15.0 Å². The molecule has 0 saturated heterocycles. The first-order chi connectivity index (χ1) is 34.6. The topological polar surface area (TPSA) is 82.6 Å². The Morgan fingerprint density at radius 1 is 0.461 bits per heavy atom. The molecule has 1 aromatic heterocycles. The second-order valence-electron chi connectivity index (χ2n) is 16.1. The van der Waals surface area contributed by atoms with Crippen LogP contribution in [-0.2, 0) is 56.0 Å². The molecule has 0 radical (unpaired) electrons. The summed E-state index contributed by atoms with van der Waals surface area (Å²) in [6, 6.07) is 1.09. The summed E-state index contributed by atoms with van der Waals surface area (Å²) < 4.78 is 343. The summed E-state index contributed by atoms with van der Waals surface area (Å²) >= 11 is 0. The maximum Gasteiger partial charge on any atom is 0.416 e. The molecular formula is C45H24BF24N5O. The zero-order chi connectivity index (χ0) is 57.4. The van der Waals surface area contributed by atoms with Gasteiger partial charge >= 0.3 is 49.4 Å². The van der Waals surface area contributed by atoms with E-state index in [1.54, 1.807) is 18.6 Å². The predicted molar refractivity (Wildman–Crippen MR) is 218 cm³/mol. The van der Waals surface area contributed by atoms with Crippen LogP contribution >= 0.6 is 0 Å². The Morgan fingerprint density at radius 3 is 0.987 bits per heavy atom. The standard InChI is InChI=1S/C32H12BF24.C13H12N5O/c34-25(35,36)13-1-14(26(37,38)39)6-21(5-13)33(22-7-15(27(40,41)42)2-16(8-22)28(43,44)45,23-9-17(29(46,47)48)3-18(10-23)30(49,50)51)24-11-19(31(52,53)54)4-20(12-24)32(55,56)57;14-17-16-8-13(19)12-10-18(7-6-15-12)9-11-4-2-1-3-5-11/h1-12H;1-7,10H,8-9H2/q-1;+1. The number of alkyl halides is 24. The summed E-state index contributed by atoms with van der Waals surface area (Å²) in [6.07, 6.45) is -49.8. The van der Waals surface area contributed by atoms with Crippen molar-refractivity contribution in [3.8, 4) is 0 Å². The van der Waals surface area contributed by atoms with Gasteiger partial charge in [-0.3, -0.25) is 4.79 Å². The first kappa shape index (κ1) is 59.4. The number of ketones is 1. The Labute approximate surface area is 408 Å². The van der Waals surface area contributed by atoms with Crippen molar-refractivity contribution in [2.24, 2.45) is 5.11 Å². The lowest BCUT2D eigenvalue weighted by atomic mass is 9.12. The zero-order valence-electron chi connectivity index (χ0n) is 36.8. The lowest BCUT2D eigenvalue weighted by molar-refractivity contribution is -0.689. The van der Waals surface area contributed by atoms with E-state index in [1.807, 2.05) is 34.9 Å². The lowest BCUT2D eigenvalue weighted by Crippen LogP contribution is -2.75. The first-order valence-corrected chi connectivity index (χ1v) is 20.3. The van der Waals surface area contributed by atoms with E-state index in [0.29, 0.717) is 12.2 Å². The summed E-state index contributed by atoms with van der Waals surface area (Å²) in [4.78, 5) is 18.2. The number of aromatic nitrogens is 2. The number of hydrogen-bond donors (Lipinski definition) is 0. The Kier molecular flexibility index (Phi) is 16.4. The van der Waals surface area contributed by atoms with Crippen molar-refractivity contribution in [2.75, 3.05) is 6.54 Å². The Bertz CT molecular complexity index is 2690. The van der Waals surface area contributed by atoms with Crippen LogP contribution in [0.4, 0.5) is 105 Å². The normalized spacial score (nSPS) is 13.2. The molecule has 0 unspecified atom stereocenters. The monoisotopic (exact) mass is 1120 g/mol. The number of carbonyl (C=O) groups excluding carboxylic acids is 1. The molecule has 0 atom stereocenters. The van der Waals surface area contributed by atoms with Crippen molar-refractivity contribution in [1.82, 2.24) is 4.98 Å². The molecule has 0 aliphatic rings. The highest BCUT2D eigenvalue weighted by Gasteiger charge is 2.47. The van der Waals surface area contributed by atoms with Crippen LogP contribution in [0.25, 0.3) is 10.4 Å². The number of halogens is 24. The van der Waals surface area contributed by atoms with Crippen LogP contribution < -0.4 is 26.4 Å². The van der Waals surface area contributed by atoms with Crippen LogP contribution in [0.2, 0.25) is 0 Å². The van der Waals surface area contributed by atoms with Gasteiger partial charge < -0.3 is 0 Å². The van der Waals surface area contributed by atoms with Crippen molar-refractivity contribution in [3.63, 3.8) is 0 Å². The molecule has 0 spiro atoms. The number of Topliss-reactive ketones (excluding diaryl/α,β-unsaturated/α-hetero) is 1. The molecule has 0 fully saturated rings. The van der Waals surface area contributed by atoms with Gasteiger partial charge in [-0.15, -0.1) is 0 Å². The van der Waals surface area contributed by atoms with E-state index in [9.17, 15) is 110 Å². The lowest BCUT2D eigenvalue weighted by Gasteiger charge is -2.46. The van der Waals surface area contributed by atoms with Crippen LogP contribution in [0, 0.1) is 0 Å². The molecule has 0 amide bonds. The Morgan fingerprint density at radius 2 is 0.737 bits per heavy atom. The fourth-order valence-corrected chi connectivity index (χ4v) is 7.72. The summed E-state index contributed by atoms with van der Waals surface area (Å²) in [5.74, 6) is -0.291. The maximum atomic E-state index is 14.2. The molecule has 406 valence electrons. The van der Waals surface area contributed by atoms with Gasteiger partial charge in [0, 0.05) is 10.5 Å². The quantitative estimate of drug-likeness (QED) is 0.0275. The molecule has 0 bridgehead atoms. The molecule has 6 aromatic rings. The fraction of sp³-hybridized carbons (Fsp3) is 0.222. The number of rotatable bonds is 9. The van der Waals surface area contributed by atoms with E-state index in [4.69, 9.17) is 5.53 Å². The zero-order valence-corrected chi connectivity index (χ0v) is 36.8. The van der Waals surface area contributed by atoms with Crippen molar-refractivity contribution in [3.05, 3.63) is 188 Å². The number of azide groups is 1. The summed E-state index contributed by atoms with van der Waals surface area (Å²) in [5, 5.41) is 3.24. The van der Waals surface area contributed by atoms with E-state index in [1.165, 1.54) is 0 Å². The van der Waals surface area contributed by atoms with Crippen molar-refractivity contribution >= 4 is 33.8 Å². The highest BCUT2D eigenvalue weighted by Crippen LogP contribution is 2.41. The third-order valence-corrected chi connectivity index (χ3v) is 11.0. The minimum atomic E-state index is -6.13. The number of hydrogen-bond acceptors (Lipinski definition) is 3. The molecule has 6 rings (SSSR count). The number of benzene rings is 5. The van der Waals surface area contributed by atoms with Crippen LogP contribution in [-0.4, -0.2) is 23.5 Å². The van der Waals surface area contributed by atoms with E-state index < -0.39 is 195 Å².